The molecule has 1 saturated heterocycles. The van der Waals surface area contributed by atoms with Crippen LogP contribution in [0.5, 0.6) is 0 Å². The number of hydrogen-bond donors (Lipinski definition) is 1. The van der Waals surface area contributed by atoms with Gasteiger partial charge in [0.15, 0.2) is 0 Å². The molecule has 4 heteroatoms. The van der Waals surface area contributed by atoms with E-state index >= 15 is 0 Å². The van der Waals surface area contributed by atoms with Crippen LogP contribution < -0.4 is 5.32 Å². The summed E-state index contributed by atoms with van der Waals surface area (Å²) in [6.07, 6.45) is 1.09. The van der Waals surface area contributed by atoms with Gasteiger partial charge in [-0.2, -0.15) is 0 Å². The molecule has 3 rings (SSSR count). The lowest BCUT2D eigenvalue weighted by Gasteiger charge is -2.40. The molecule has 0 bridgehead atoms. The van der Waals surface area contributed by atoms with Gasteiger partial charge in [0.1, 0.15) is 0 Å². The molecule has 0 aromatic heterocycles. The van der Waals surface area contributed by atoms with Crippen LogP contribution in [0.2, 0.25) is 0 Å². The number of nitrogens with one attached hydrogen (secondary N) is 1. The maximum absolute atomic E-state index is 12.8. The average molecular weight is 280 g/mol. The van der Waals surface area contributed by atoms with Crippen molar-refractivity contribution in [2.24, 2.45) is 5.92 Å². The van der Waals surface area contributed by atoms with Crippen LogP contribution >= 0.6 is 0 Å². The fourth-order valence-corrected chi connectivity index (χ4v) is 3.27. The van der Waals surface area contributed by atoms with Crippen molar-refractivity contribution in [3.05, 3.63) is 35.9 Å². The minimum absolute atomic E-state index is 0.0753. The molecule has 2 unspecified atom stereocenters. The first-order valence-corrected chi connectivity index (χ1v) is 7.52. The maximum atomic E-state index is 12.8. The van der Waals surface area contributed by atoms with Gasteiger partial charge in [-0.1, -0.05) is 30.3 Å². The van der Waals surface area contributed by atoms with E-state index in [9.17, 15) is 8.78 Å². The second kappa shape index (κ2) is 6.19. The number of rotatable bonds is 5. The fourth-order valence-electron chi connectivity index (χ4n) is 3.27. The predicted octanol–water partition coefficient (Wildman–Crippen LogP) is 2.55. The quantitative estimate of drug-likeness (QED) is 0.891. The van der Waals surface area contributed by atoms with Gasteiger partial charge >= 0.3 is 0 Å². The maximum Gasteiger partial charge on any atom is 0.251 e. The normalized spacial score (nSPS) is 27.9. The molecule has 1 aliphatic heterocycles. The minimum Gasteiger partial charge on any atom is -0.311 e. The molecule has 1 saturated carbocycles. The summed E-state index contributed by atoms with van der Waals surface area (Å²) in [4.78, 5) is 2.02. The minimum atomic E-state index is -2.23. The number of benzene rings is 1. The molecule has 0 amide bonds. The first kappa shape index (κ1) is 14.0. The Morgan fingerprint density at radius 1 is 1.20 bits per heavy atom. The summed E-state index contributed by atoms with van der Waals surface area (Å²) in [7, 11) is 0. The van der Waals surface area contributed by atoms with Crippen molar-refractivity contribution in [3.63, 3.8) is 0 Å². The number of halogens is 2. The lowest BCUT2D eigenvalue weighted by Crippen LogP contribution is -2.58. The van der Waals surface area contributed by atoms with Crippen LogP contribution in [0.25, 0.3) is 0 Å². The molecule has 1 N–H and O–H groups in total. The summed E-state index contributed by atoms with van der Waals surface area (Å²) in [6.45, 7) is 1.52. The molecule has 1 aromatic rings. The number of piperazine rings is 1. The van der Waals surface area contributed by atoms with E-state index in [1.807, 2.05) is 23.1 Å². The SMILES string of the molecule is FC(F)CN1CC(Cc2ccccc2)NCC1C1CC1. The third-order valence-electron chi connectivity index (χ3n) is 4.40. The Labute approximate surface area is 119 Å². The van der Waals surface area contributed by atoms with Crippen LogP contribution in [-0.2, 0) is 6.42 Å². The van der Waals surface area contributed by atoms with Gasteiger partial charge in [0.2, 0.25) is 0 Å². The Balaban J connectivity index is 1.60. The van der Waals surface area contributed by atoms with E-state index in [2.05, 4.69) is 17.4 Å². The third kappa shape index (κ3) is 3.55. The van der Waals surface area contributed by atoms with Crippen molar-refractivity contribution in [2.45, 2.75) is 37.8 Å². The second-order valence-corrected chi connectivity index (χ2v) is 6.04. The van der Waals surface area contributed by atoms with E-state index in [0.29, 0.717) is 12.0 Å². The Bertz CT molecular complexity index is 420. The molecular formula is C16H22F2N2. The predicted molar refractivity (Wildman–Crippen MR) is 76.0 cm³/mol. The first-order chi connectivity index (χ1) is 9.72. The van der Waals surface area contributed by atoms with Crippen molar-refractivity contribution < 1.29 is 8.78 Å². The molecule has 2 aliphatic rings. The highest BCUT2D eigenvalue weighted by Crippen LogP contribution is 2.36. The van der Waals surface area contributed by atoms with Gasteiger partial charge in [-0.05, 0) is 30.7 Å². The molecule has 0 radical (unpaired) electrons. The van der Waals surface area contributed by atoms with E-state index in [1.165, 1.54) is 18.4 Å². The van der Waals surface area contributed by atoms with Gasteiger partial charge in [-0.25, -0.2) is 8.78 Å². The summed E-state index contributed by atoms with van der Waals surface area (Å²) in [5, 5.41) is 3.56. The van der Waals surface area contributed by atoms with Crippen LogP contribution in [0.15, 0.2) is 30.3 Å². The van der Waals surface area contributed by atoms with Crippen LogP contribution in [0.1, 0.15) is 18.4 Å². The monoisotopic (exact) mass is 280 g/mol. The van der Waals surface area contributed by atoms with E-state index in [0.717, 1.165) is 19.5 Å². The zero-order chi connectivity index (χ0) is 13.9. The lowest BCUT2D eigenvalue weighted by atomic mass is 9.99. The topological polar surface area (TPSA) is 15.3 Å². The van der Waals surface area contributed by atoms with Crippen LogP contribution in [0.3, 0.4) is 0 Å². The molecule has 110 valence electrons. The summed E-state index contributed by atoms with van der Waals surface area (Å²) >= 11 is 0. The molecule has 2 fully saturated rings. The number of hydrogen-bond acceptors (Lipinski definition) is 2. The largest absolute Gasteiger partial charge is 0.311 e. The van der Waals surface area contributed by atoms with Crippen molar-refractivity contribution in [1.29, 1.82) is 0 Å². The van der Waals surface area contributed by atoms with Gasteiger partial charge in [0, 0.05) is 25.2 Å². The standard InChI is InChI=1S/C16H22F2N2/c17-16(18)11-20-10-14(8-12-4-2-1-3-5-12)19-9-15(20)13-6-7-13/h1-5,13-16,19H,6-11H2. The third-order valence-corrected chi connectivity index (χ3v) is 4.40. The van der Waals surface area contributed by atoms with E-state index < -0.39 is 6.43 Å². The average Bonchev–Trinajstić information content (AvgIpc) is 3.24. The molecule has 2 nitrogen and oxygen atoms in total. The summed E-state index contributed by atoms with van der Waals surface area (Å²) in [5.74, 6) is 0.638. The summed E-state index contributed by atoms with van der Waals surface area (Å²) in [5.41, 5.74) is 1.27. The highest BCUT2D eigenvalue weighted by Gasteiger charge is 2.39. The first-order valence-electron chi connectivity index (χ1n) is 7.52. The Hall–Kier alpha value is -1.00. The van der Waals surface area contributed by atoms with Gasteiger partial charge in [-0.15, -0.1) is 0 Å². The molecule has 1 heterocycles. The van der Waals surface area contributed by atoms with Gasteiger partial charge < -0.3 is 5.32 Å². The molecule has 2 atom stereocenters. The van der Waals surface area contributed by atoms with Crippen molar-refractivity contribution >= 4 is 0 Å². The molecule has 1 aromatic carbocycles. The van der Waals surface area contributed by atoms with Crippen LogP contribution in [0.4, 0.5) is 8.78 Å². The van der Waals surface area contributed by atoms with Crippen LogP contribution in [-0.4, -0.2) is 43.0 Å². The Morgan fingerprint density at radius 2 is 1.95 bits per heavy atom. The van der Waals surface area contributed by atoms with Crippen molar-refractivity contribution in [1.82, 2.24) is 10.2 Å². The van der Waals surface area contributed by atoms with Gasteiger partial charge in [0.25, 0.3) is 6.43 Å². The summed E-state index contributed by atoms with van der Waals surface area (Å²) in [6, 6.07) is 10.9. The zero-order valence-electron chi connectivity index (χ0n) is 11.6. The molecule has 0 spiro atoms. The highest BCUT2D eigenvalue weighted by molar-refractivity contribution is 5.16. The van der Waals surface area contributed by atoms with Crippen molar-refractivity contribution in [2.75, 3.05) is 19.6 Å². The van der Waals surface area contributed by atoms with Crippen LogP contribution in [0, 0.1) is 5.92 Å². The van der Waals surface area contributed by atoms with Crippen molar-refractivity contribution in [3.8, 4) is 0 Å². The molecule has 20 heavy (non-hydrogen) atoms. The fraction of sp³-hybridized carbons (Fsp3) is 0.625. The summed E-state index contributed by atoms with van der Waals surface area (Å²) < 4.78 is 25.5. The Kier molecular flexibility index (Phi) is 4.32. The molecular weight excluding hydrogens is 258 g/mol. The number of alkyl halides is 2. The van der Waals surface area contributed by atoms with E-state index in [-0.39, 0.29) is 12.6 Å². The van der Waals surface area contributed by atoms with E-state index in [4.69, 9.17) is 0 Å². The zero-order valence-corrected chi connectivity index (χ0v) is 11.6. The molecule has 1 aliphatic carbocycles. The number of nitrogens with zero attached hydrogens (tertiary/aromatic N) is 1. The van der Waals surface area contributed by atoms with E-state index in [1.54, 1.807) is 0 Å². The highest BCUT2D eigenvalue weighted by atomic mass is 19.3. The van der Waals surface area contributed by atoms with Gasteiger partial charge in [-0.3, -0.25) is 4.90 Å². The van der Waals surface area contributed by atoms with Gasteiger partial charge in [0.05, 0.1) is 6.54 Å². The lowest BCUT2D eigenvalue weighted by molar-refractivity contribution is 0.0363. The smallest absolute Gasteiger partial charge is 0.251 e. The Morgan fingerprint density at radius 3 is 2.60 bits per heavy atom. The second-order valence-electron chi connectivity index (χ2n) is 6.04.